The molecule has 0 saturated carbocycles. The Hall–Kier alpha value is -2.55. The van der Waals surface area contributed by atoms with Crippen molar-refractivity contribution in [1.29, 1.82) is 0 Å². The maximum absolute atomic E-state index is 12.5. The van der Waals surface area contributed by atoms with Gasteiger partial charge in [-0.25, -0.2) is 0 Å². The Morgan fingerprint density at radius 2 is 1.76 bits per heavy atom. The number of carbonyl (C=O) groups excluding carboxylic acids is 2. The van der Waals surface area contributed by atoms with Gasteiger partial charge in [-0.3, -0.25) is 9.59 Å². The third-order valence-electron chi connectivity index (χ3n) is 4.97. The van der Waals surface area contributed by atoms with Crippen LogP contribution >= 0.6 is 35.0 Å². The minimum atomic E-state index is -0.334. The highest BCUT2D eigenvalue weighted by Gasteiger charge is 2.16. The zero-order valence-corrected chi connectivity index (χ0v) is 21.2. The molecule has 1 heterocycles. The van der Waals surface area contributed by atoms with Gasteiger partial charge in [-0.05, 0) is 57.0 Å². The second-order valence-electron chi connectivity index (χ2n) is 7.56. The lowest BCUT2D eigenvalue weighted by Crippen LogP contribution is -2.25. The smallest absolute Gasteiger partial charge is 0.253 e. The van der Waals surface area contributed by atoms with Crippen molar-refractivity contribution in [3.05, 3.63) is 68.5 Å². The fourth-order valence-electron chi connectivity index (χ4n) is 3.49. The first-order valence-corrected chi connectivity index (χ1v) is 12.1. The Bertz CT molecular complexity index is 1170. The molecule has 1 aromatic heterocycles. The SMILES string of the molecule is CCn1c(CNC(=O)c2ccc(Cl)cc2Cl)nnc1SCC(=O)Nc1c(C)cc(C)cc1C. The summed E-state index contributed by atoms with van der Waals surface area (Å²) in [5.74, 6) is 0.328. The minimum absolute atomic E-state index is 0.118. The van der Waals surface area contributed by atoms with Crippen molar-refractivity contribution in [3.63, 3.8) is 0 Å². The maximum Gasteiger partial charge on any atom is 0.253 e. The summed E-state index contributed by atoms with van der Waals surface area (Å²) < 4.78 is 1.87. The maximum atomic E-state index is 12.5. The van der Waals surface area contributed by atoms with E-state index in [0.29, 0.717) is 28.1 Å². The number of nitrogens with zero attached hydrogens (tertiary/aromatic N) is 3. The number of aryl methyl sites for hydroxylation is 3. The van der Waals surface area contributed by atoms with Crippen molar-refractivity contribution in [1.82, 2.24) is 20.1 Å². The van der Waals surface area contributed by atoms with Crippen molar-refractivity contribution >= 4 is 52.5 Å². The molecule has 0 radical (unpaired) electrons. The first kappa shape index (κ1) is 25.1. The third kappa shape index (κ3) is 6.28. The van der Waals surface area contributed by atoms with Gasteiger partial charge in [-0.15, -0.1) is 10.2 Å². The van der Waals surface area contributed by atoms with E-state index in [0.717, 1.165) is 22.4 Å². The molecular formula is C23H25Cl2N5O2S. The Morgan fingerprint density at radius 3 is 2.39 bits per heavy atom. The molecular weight excluding hydrogens is 481 g/mol. The third-order valence-corrected chi connectivity index (χ3v) is 6.48. The predicted octanol–water partition coefficient (Wildman–Crippen LogP) is 5.19. The second-order valence-corrected chi connectivity index (χ2v) is 9.35. The molecule has 0 fully saturated rings. The lowest BCUT2D eigenvalue weighted by Gasteiger charge is -2.13. The number of rotatable bonds is 8. The summed E-state index contributed by atoms with van der Waals surface area (Å²) in [5.41, 5.74) is 4.39. The van der Waals surface area contributed by atoms with E-state index < -0.39 is 0 Å². The van der Waals surface area contributed by atoms with E-state index in [1.165, 1.54) is 17.8 Å². The highest BCUT2D eigenvalue weighted by atomic mass is 35.5. The van der Waals surface area contributed by atoms with Crippen LogP contribution in [-0.2, 0) is 17.9 Å². The summed E-state index contributed by atoms with van der Waals surface area (Å²) >= 11 is 13.3. The number of hydrogen-bond acceptors (Lipinski definition) is 5. The van der Waals surface area contributed by atoms with Crippen molar-refractivity contribution < 1.29 is 9.59 Å². The molecule has 3 rings (SSSR count). The molecule has 174 valence electrons. The van der Waals surface area contributed by atoms with Crippen LogP contribution in [0.25, 0.3) is 0 Å². The number of carbonyl (C=O) groups is 2. The number of aromatic nitrogens is 3. The van der Waals surface area contributed by atoms with Crippen LogP contribution in [0.4, 0.5) is 5.69 Å². The second kappa shape index (κ2) is 11.0. The van der Waals surface area contributed by atoms with E-state index in [2.05, 4.69) is 20.8 Å². The number of hydrogen-bond donors (Lipinski definition) is 2. The van der Waals surface area contributed by atoms with Gasteiger partial charge in [0, 0.05) is 17.3 Å². The fraction of sp³-hybridized carbons (Fsp3) is 0.304. The van der Waals surface area contributed by atoms with Crippen molar-refractivity contribution in [2.75, 3.05) is 11.1 Å². The molecule has 0 atom stereocenters. The monoisotopic (exact) mass is 505 g/mol. The standard InChI is InChI=1S/C23H25Cl2N5O2S/c1-5-30-19(11-26-22(32)17-7-6-16(24)10-18(17)25)28-29-23(30)33-12-20(31)27-21-14(3)8-13(2)9-15(21)4/h6-10H,5,11-12H2,1-4H3,(H,26,32)(H,27,31). The fourth-order valence-corrected chi connectivity index (χ4v) is 4.80. The highest BCUT2D eigenvalue weighted by molar-refractivity contribution is 7.99. The van der Waals surface area contributed by atoms with Gasteiger partial charge in [0.15, 0.2) is 11.0 Å². The van der Waals surface area contributed by atoms with E-state index in [4.69, 9.17) is 23.2 Å². The van der Waals surface area contributed by atoms with Gasteiger partial charge in [0.05, 0.1) is 22.9 Å². The number of halogens is 2. The van der Waals surface area contributed by atoms with Crippen LogP contribution in [0.5, 0.6) is 0 Å². The Balaban J connectivity index is 1.61. The van der Waals surface area contributed by atoms with Crippen LogP contribution in [0.1, 0.15) is 39.8 Å². The molecule has 33 heavy (non-hydrogen) atoms. The molecule has 10 heteroatoms. The highest BCUT2D eigenvalue weighted by Crippen LogP contribution is 2.24. The number of benzene rings is 2. The minimum Gasteiger partial charge on any atom is -0.345 e. The van der Waals surface area contributed by atoms with Gasteiger partial charge < -0.3 is 15.2 Å². The summed E-state index contributed by atoms with van der Waals surface area (Å²) in [5, 5.41) is 15.5. The van der Waals surface area contributed by atoms with E-state index in [9.17, 15) is 9.59 Å². The molecule has 0 aliphatic heterocycles. The summed E-state index contributed by atoms with van der Waals surface area (Å²) in [7, 11) is 0. The summed E-state index contributed by atoms with van der Waals surface area (Å²) in [6, 6.07) is 8.78. The van der Waals surface area contributed by atoms with E-state index in [1.54, 1.807) is 12.1 Å². The zero-order valence-electron chi connectivity index (χ0n) is 18.8. The average molecular weight is 506 g/mol. The Labute approximate surface area is 207 Å². The predicted molar refractivity (Wildman–Crippen MR) is 133 cm³/mol. The quantitative estimate of drug-likeness (QED) is 0.411. The molecule has 0 spiro atoms. The molecule has 2 aromatic carbocycles. The van der Waals surface area contributed by atoms with Crippen LogP contribution in [0.3, 0.4) is 0 Å². The topological polar surface area (TPSA) is 88.9 Å². The molecule has 3 aromatic rings. The molecule has 0 bridgehead atoms. The van der Waals surface area contributed by atoms with Gasteiger partial charge in [-0.1, -0.05) is 52.7 Å². The number of anilines is 1. The van der Waals surface area contributed by atoms with Crippen LogP contribution in [0.15, 0.2) is 35.5 Å². The van der Waals surface area contributed by atoms with Gasteiger partial charge in [-0.2, -0.15) is 0 Å². The molecule has 7 nitrogen and oxygen atoms in total. The lowest BCUT2D eigenvalue weighted by atomic mass is 10.1. The Kier molecular flexibility index (Phi) is 8.40. The summed E-state index contributed by atoms with van der Waals surface area (Å²) in [4.78, 5) is 25.0. The summed E-state index contributed by atoms with van der Waals surface area (Å²) in [6.07, 6.45) is 0. The number of amides is 2. The molecule has 0 unspecified atom stereocenters. The van der Waals surface area contributed by atoms with Crippen LogP contribution in [0, 0.1) is 20.8 Å². The lowest BCUT2D eigenvalue weighted by molar-refractivity contribution is -0.113. The van der Waals surface area contributed by atoms with Crippen molar-refractivity contribution in [2.45, 2.75) is 45.9 Å². The number of nitrogens with one attached hydrogen (secondary N) is 2. The molecule has 0 saturated heterocycles. The van der Waals surface area contributed by atoms with E-state index in [1.807, 2.05) is 44.4 Å². The largest absolute Gasteiger partial charge is 0.345 e. The zero-order chi connectivity index (χ0) is 24.1. The molecule has 2 N–H and O–H groups in total. The molecule has 2 amide bonds. The average Bonchev–Trinajstić information content (AvgIpc) is 3.14. The first-order chi connectivity index (χ1) is 15.7. The molecule has 0 aliphatic rings. The van der Waals surface area contributed by atoms with Crippen LogP contribution < -0.4 is 10.6 Å². The van der Waals surface area contributed by atoms with E-state index in [-0.39, 0.29) is 29.1 Å². The van der Waals surface area contributed by atoms with Crippen LogP contribution in [-0.4, -0.2) is 32.3 Å². The van der Waals surface area contributed by atoms with Gasteiger partial charge in [0.2, 0.25) is 5.91 Å². The van der Waals surface area contributed by atoms with Gasteiger partial charge in [0.1, 0.15) is 0 Å². The Morgan fingerprint density at radius 1 is 1.06 bits per heavy atom. The first-order valence-electron chi connectivity index (χ1n) is 10.4. The normalized spacial score (nSPS) is 10.8. The number of thioether (sulfide) groups is 1. The van der Waals surface area contributed by atoms with E-state index >= 15 is 0 Å². The van der Waals surface area contributed by atoms with Crippen LogP contribution in [0.2, 0.25) is 10.0 Å². The van der Waals surface area contributed by atoms with Crippen molar-refractivity contribution in [3.8, 4) is 0 Å². The summed E-state index contributed by atoms with van der Waals surface area (Å²) in [6.45, 7) is 8.71. The van der Waals surface area contributed by atoms with Gasteiger partial charge >= 0.3 is 0 Å². The van der Waals surface area contributed by atoms with Crippen molar-refractivity contribution in [2.24, 2.45) is 0 Å². The van der Waals surface area contributed by atoms with Gasteiger partial charge in [0.25, 0.3) is 5.91 Å². The molecule has 0 aliphatic carbocycles.